The van der Waals surface area contributed by atoms with E-state index in [1.807, 2.05) is 30.3 Å². The van der Waals surface area contributed by atoms with Crippen molar-refractivity contribution in [2.45, 2.75) is 12.6 Å². The minimum atomic E-state index is -0.144. The molecule has 0 aliphatic heterocycles. The van der Waals surface area contributed by atoms with Gasteiger partial charge in [-0.15, -0.1) is 0 Å². The summed E-state index contributed by atoms with van der Waals surface area (Å²) in [6.07, 6.45) is 0. The van der Waals surface area contributed by atoms with Crippen LogP contribution in [0.15, 0.2) is 42.5 Å². The van der Waals surface area contributed by atoms with Crippen LogP contribution in [0.2, 0.25) is 10.0 Å². The van der Waals surface area contributed by atoms with Crippen LogP contribution in [-0.2, 0) is 6.54 Å². The van der Waals surface area contributed by atoms with Gasteiger partial charge in [-0.3, -0.25) is 0 Å². The predicted molar refractivity (Wildman–Crippen MR) is 88.1 cm³/mol. The summed E-state index contributed by atoms with van der Waals surface area (Å²) in [5, 5.41) is 4.39. The fourth-order valence-corrected chi connectivity index (χ4v) is 2.38. The SMILES string of the molecule is COc1ccccc1CNCC(N)c1ccc(Cl)c(Cl)c1. The first-order valence-electron chi connectivity index (χ1n) is 6.65. The number of hydrogen-bond donors (Lipinski definition) is 2. The van der Waals surface area contributed by atoms with Crippen molar-refractivity contribution in [1.82, 2.24) is 5.32 Å². The highest BCUT2D eigenvalue weighted by atomic mass is 35.5. The Morgan fingerprint density at radius 2 is 1.90 bits per heavy atom. The molecule has 0 radical (unpaired) electrons. The first-order valence-corrected chi connectivity index (χ1v) is 7.40. The van der Waals surface area contributed by atoms with Crippen LogP contribution in [0.5, 0.6) is 5.75 Å². The van der Waals surface area contributed by atoms with Gasteiger partial charge in [0.05, 0.1) is 17.2 Å². The first-order chi connectivity index (χ1) is 10.1. The molecule has 0 fully saturated rings. The smallest absolute Gasteiger partial charge is 0.123 e. The fraction of sp³-hybridized carbons (Fsp3) is 0.250. The molecular weight excluding hydrogens is 307 g/mol. The second kappa shape index (κ2) is 7.66. The highest BCUT2D eigenvalue weighted by molar-refractivity contribution is 6.42. The Bertz CT molecular complexity index is 605. The molecule has 0 bridgehead atoms. The molecule has 0 saturated heterocycles. The van der Waals surface area contributed by atoms with Crippen molar-refractivity contribution in [1.29, 1.82) is 0 Å². The Morgan fingerprint density at radius 3 is 2.62 bits per heavy atom. The molecule has 2 rings (SSSR count). The second-order valence-corrected chi connectivity index (χ2v) is 5.54. The Morgan fingerprint density at radius 1 is 1.14 bits per heavy atom. The molecule has 3 N–H and O–H groups in total. The van der Waals surface area contributed by atoms with E-state index >= 15 is 0 Å². The quantitative estimate of drug-likeness (QED) is 0.849. The highest BCUT2D eigenvalue weighted by Crippen LogP contribution is 2.25. The van der Waals surface area contributed by atoms with Crippen LogP contribution in [0.3, 0.4) is 0 Å². The zero-order valence-corrected chi connectivity index (χ0v) is 13.3. The Labute approximate surface area is 135 Å². The Kier molecular flexibility index (Phi) is 5.88. The molecule has 21 heavy (non-hydrogen) atoms. The summed E-state index contributed by atoms with van der Waals surface area (Å²) in [5.74, 6) is 0.869. The van der Waals surface area contributed by atoms with Gasteiger partial charge in [0, 0.05) is 24.7 Å². The normalized spacial score (nSPS) is 12.2. The van der Waals surface area contributed by atoms with E-state index in [9.17, 15) is 0 Å². The van der Waals surface area contributed by atoms with E-state index < -0.39 is 0 Å². The van der Waals surface area contributed by atoms with Crippen molar-refractivity contribution in [3.05, 3.63) is 63.6 Å². The highest BCUT2D eigenvalue weighted by Gasteiger charge is 2.08. The van der Waals surface area contributed by atoms with Crippen LogP contribution in [0.4, 0.5) is 0 Å². The summed E-state index contributed by atoms with van der Waals surface area (Å²) in [7, 11) is 1.67. The zero-order chi connectivity index (χ0) is 15.2. The monoisotopic (exact) mass is 324 g/mol. The molecule has 1 atom stereocenters. The summed E-state index contributed by atoms with van der Waals surface area (Å²) in [6.45, 7) is 1.33. The molecule has 2 aromatic carbocycles. The van der Waals surface area contributed by atoms with Gasteiger partial charge in [0.2, 0.25) is 0 Å². The zero-order valence-electron chi connectivity index (χ0n) is 11.8. The predicted octanol–water partition coefficient (Wildman–Crippen LogP) is 3.79. The van der Waals surface area contributed by atoms with Gasteiger partial charge in [0.25, 0.3) is 0 Å². The number of hydrogen-bond acceptors (Lipinski definition) is 3. The average Bonchev–Trinajstić information content (AvgIpc) is 2.50. The third kappa shape index (κ3) is 4.35. The standard InChI is InChI=1S/C16H18Cl2N2O/c1-21-16-5-3-2-4-12(16)9-20-10-15(19)11-6-7-13(17)14(18)8-11/h2-8,15,20H,9-10,19H2,1H3. The molecule has 0 spiro atoms. The molecule has 5 heteroatoms. The van der Waals surface area contributed by atoms with Crippen molar-refractivity contribution < 1.29 is 4.74 Å². The van der Waals surface area contributed by atoms with Gasteiger partial charge in [0.15, 0.2) is 0 Å². The van der Waals surface area contributed by atoms with E-state index in [0.717, 1.165) is 16.9 Å². The first kappa shape index (κ1) is 16.1. The van der Waals surface area contributed by atoms with Crippen molar-refractivity contribution in [3.8, 4) is 5.75 Å². The largest absolute Gasteiger partial charge is 0.496 e. The van der Waals surface area contributed by atoms with Crippen molar-refractivity contribution in [2.75, 3.05) is 13.7 Å². The van der Waals surface area contributed by atoms with E-state index in [4.69, 9.17) is 33.7 Å². The lowest BCUT2D eigenvalue weighted by atomic mass is 10.1. The number of methoxy groups -OCH3 is 1. The molecule has 1 unspecified atom stereocenters. The topological polar surface area (TPSA) is 47.3 Å². The van der Waals surface area contributed by atoms with E-state index in [0.29, 0.717) is 23.1 Å². The third-order valence-electron chi connectivity index (χ3n) is 3.24. The lowest BCUT2D eigenvalue weighted by molar-refractivity contribution is 0.407. The Balaban J connectivity index is 1.92. The lowest BCUT2D eigenvalue weighted by Crippen LogP contribution is -2.26. The maximum absolute atomic E-state index is 6.15. The summed E-state index contributed by atoms with van der Waals surface area (Å²) in [6, 6.07) is 13.2. The molecule has 3 nitrogen and oxygen atoms in total. The molecule has 0 aromatic heterocycles. The molecule has 0 aliphatic carbocycles. The van der Waals surface area contributed by atoms with Crippen LogP contribution < -0.4 is 15.8 Å². The van der Waals surface area contributed by atoms with E-state index in [1.165, 1.54) is 0 Å². The number of benzene rings is 2. The van der Waals surface area contributed by atoms with Crippen LogP contribution in [-0.4, -0.2) is 13.7 Å². The summed E-state index contributed by atoms with van der Waals surface area (Å²) >= 11 is 11.9. The average molecular weight is 325 g/mol. The van der Waals surface area contributed by atoms with Gasteiger partial charge in [0.1, 0.15) is 5.75 Å². The lowest BCUT2D eigenvalue weighted by Gasteiger charge is -2.15. The number of rotatable bonds is 6. The van der Waals surface area contributed by atoms with Gasteiger partial charge in [-0.25, -0.2) is 0 Å². The van der Waals surface area contributed by atoms with E-state index in [2.05, 4.69) is 5.32 Å². The van der Waals surface area contributed by atoms with Gasteiger partial charge in [-0.05, 0) is 23.8 Å². The van der Waals surface area contributed by atoms with E-state index in [-0.39, 0.29) is 6.04 Å². The number of para-hydroxylation sites is 1. The minimum Gasteiger partial charge on any atom is -0.496 e. The van der Waals surface area contributed by atoms with Gasteiger partial charge in [-0.2, -0.15) is 0 Å². The number of nitrogens with two attached hydrogens (primary N) is 1. The molecular formula is C16H18Cl2N2O. The van der Waals surface area contributed by atoms with Crippen LogP contribution in [0.25, 0.3) is 0 Å². The maximum Gasteiger partial charge on any atom is 0.123 e. The van der Waals surface area contributed by atoms with Gasteiger partial charge >= 0.3 is 0 Å². The molecule has 0 saturated carbocycles. The summed E-state index contributed by atoms with van der Waals surface area (Å²) < 4.78 is 5.31. The molecule has 112 valence electrons. The molecule has 0 heterocycles. The third-order valence-corrected chi connectivity index (χ3v) is 3.98. The van der Waals surface area contributed by atoms with Gasteiger partial charge < -0.3 is 15.8 Å². The molecule has 0 aliphatic rings. The molecule has 2 aromatic rings. The number of nitrogens with one attached hydrogen (secondary N) is 1. The van der Waals surface area contributed by atoms with E-state index in [1.54, 1.807) is 19.2 Å². The Hall–Kier alpha value is -1.26. The summed E-state index contributed by atoms with van der Waals surface area (Å²) in [4.78, 5) is 0. The summed E-state index contributed by atoms with van der Waals surface area (Å²) in [5.41, 5.74) is 8.21. The van der Waals surface area contributed by atoms with Crippen LogP contribution >= 0.6 is 23.2 Å². The number of halogens is 2. The molecule has 0 amide bonds. The minimum absolute atomic E-state index is 0.144. The van der Waals surface area contributed by atoms with Gasteiger partial charge in [-0.1, -0.05) is 47.5 Å². The van der Waals surface area contributed by atoms with Crippen LogP contribution in [0.1, 0.15) is 17.2 Å². The second-order valence-electron chi connectivity index (χ2n) is 4.72. The fourth-order valence-electron chi connectivity index (χ4n) is 2.07. The number of ether oxygens (including phenoxy) is 1. The van der Waals surface area contributed by atoms with Crippen molar-refractivity contribution in [2.24, 2.45) is 5.73 Å². The maximum atomic E-state index is 6.15. The van der Waals surface area contributed by atoms with Crippen molar-refractivity contribution in [3.63, 3.8) is 0 Å². The van der Waals surface area contributed by atoms with Crippen molar-refractivity contribution >= 4 is 23.2 Å². The van der Waals surface area contributed by atoms with Crippen LogP contribution in [0, 0.1) is 0 Å².